The van der Waals surface area contributed by atoms with E-state index in [1.807, 2.05) is 30.3 Å². The van der Waals surface area contributed by atoms with E-state index in [4.69, 9.17) is 25.6 Å². The number of methoxy groups -OCH3 is 1. The minimum atomic E-state index is -0.510. The summed E-state index contributed by atoms with van der Waals surface area (Å²) in [6, 6.07) is 14.4. The smallest absolute Gasteiger partial charge is 0.344 e. The van der Waals surface area contributed by atoms with Crippen molar-refractivity contribution >= 4 is 17.6 Å². The molecule has 0 saturated carbocycles. The van der Waals surface area contributed by atoms with Gasteiger partial charge < -0.3 is 14.0 Å². The van der Waals surface area contributed by atoms with Crippen molar-refractivity contribution in [1.82, 2.24) is 5.16 Å². The highest BCUT2D eigenvalue weighted by Gasteiger charge is 2.24. The van der Waals surface area contributed by atoms with Gasteiger partial charge in [0.05, 0.1) is 12.1 Å². The molecule has 0 amide bonds. The fraction of sp³-hybridized carbons (Fsp3) is 0.158. The van der Waals surface area contributed by atoms with Crippen molar-refractivity contribution in [2.75, 3.05) is 7.11 Å². The summed E-state index contributed by atoms with van der Waals surface area (Å²) in [4.78, 5) is 12.5. The number of benzene rings is 2. The number of halogens is 1. The van der Waals surface area contributed by atoms with E-state index in [9.17, 15) is 4.79 Å². The van der Waals surface area contributed by atoms with Crippen LogP contribution in [0.3, 0.4) is 0 Å². The Balaban J connectivity index is 1.80. The molecule has 0 saturated heterocycles. The second kappa shape index (κ2) is 7.40. The van der Waals surface area contributed by atoms with Crippen LogP contribution in [0.2, 0.25) is 5.02 Å². The van der Waals surface area contributed by atoms with E-state index in [0.717, 1.165) is 11.3 Å². The molecule has 0 radical (unpaired) electrons. The van der Waals surface area contributed by atoms with Crippen LogP contribution in [-0.4, -0.2) is 18.2 Å². The van der Waals surface area contributed by atoms with Gasteiger partial charge >= 0.3 is 5.97 Å². The van der Waals surface area contributed by atoms with Crippen LogP contribution in [0.5, 0.6) is 5.75 Å². The van der Waals surface area contributed by atoms with E-state index in [2.05, 4.69) is 5.16 Å². The lowest BCUT2D eigenvalue weighted by atomic mass is 10.1. The maximum Gasteiger partial charge on any atom is 0.344 e. The van der Waals surface area contributed by atoms with Crippen molar-refractivity contribution in [1.29, 1.82) is 0 Å². The van der Waals surface area contributed by atoms with Crippen molar-refractivity contribution < 1.29 is 18.8 Å². The number of ether oxygens (including phenoxy) is 2. The molecule has 1 heterocycles. The van der Waals surface area contributed by atoms with Gasteiger partial charge in [0.25, 0.3) is 0 Å². The van der Waals surface area contributed by atoms with E-state index in [0.29, 0.717) is 22.0 Å². The SMILES string of the molecule is COc1ccc(COC(=O)c2c(-c3ccccc3Cl)noc2C)cc1. The van der Waals surface area contributed by atoms with Crippen molar-refractivity contribution in [3.05, 3.63) is 70.4 Å². The monoisotopic (exact) mass is 357 g/mol. The first-order valence-corrected chi connectivity index (χ1v) is 7.99. The average Bonchev–Trinajstić information content (AvgIpc) is 3.02. The van der Waals surface area contributed by atoms with Gasteiger partial charge in [0, 0.05) is 5.56 Å². The highest BCUT2D eigenvalue weighted by Crippen LogP contribution is 2.31. The number of esters is 1. The largest absolute Gasteiger partial charge is 0.497 e. The molecular formula is C19H16ClNO4. The molecule has 2 aromatic carbocycles. The van der Waals surface area contributed by atoms with Gasteiger partial charge in [-0.05, 0) is 30.7 Å². The van der Waals surface area contributed by atoms with Gasteiger partial charge in [0.15, 0.2) is 0 Å². The molecule has 128 valence electrons. The first-order valence-electron chi connectivity index (χ1n) is 7.61. The predicted molar refractivity (Wildman–Crippen MR) is 93.8 cm³/mol. The summed E-state index contributed by atoms with van der Waals surface area (Å²) >= 11 is 6.20. The van der Waals surface area contributed by atoms with Crippen LogP contribution in [0.25, 0.3) is 11.3 Å². The zero-order chi connectivity index (χ0) is 17.8. The summed E-state index contributed by atoms with van der Waals surface area (Å²) in [7, 11) is 1.60. The van der Waals surface area contributed by atoms with Gasteiger partial charge in [0.2, 0.25) is 0 Å². The van der Waals surface area contributed by atoms with E-state index in [1.165, 1.54) is 0 Å². The van der Waals surface area contributed by atoms with Gasteiger partial charge in [-0.1, -0.05) is 47.1 Å². The van der Waals surface area contributed by atoms with E-state index >= 15 is 0 Å². The van der Waals surface area contributed by atoms with Crippen molar-refractivity contribution in [3.8, 4) is 17.0 Å². The Labute approximate surface area is 150 Å². The summed E-state index contributed by atoms with van der Waals surface area (Å²) in [5, 5.41) is 4.45. The van der Waals surface area contributed by atoms with Gasteiger partial charge in [-0.25, -0.2) is 4.79 Å². The fourth-order valence-corrected chi connectivity index (χ4v) is 2.62. The van der Waals surface area contributed by atoms with Gasteiger partial charge in [-0.15, -0.1) is 0 Å². The second-order valence-electron chi connectivity index (χ2n) is 5.37. The molecule has 0 bridgehead atoms. The zero-order valence-electron chi connectivity index (χ0n) is 13.8. The molecule has 3 rings (SSSR count). The molecule has 0 aliphatic rings. The summed E-state index contributed by atoms with van der Waals surface area (Å²) in [6.07, 6.45) is 0. The van der Waals surface area contributed by atoms with E-state index in [-0.39, 0.29) is 12.2 Å². The summed E-state index contributed by atoms with van der Waals surface area (Å²) in [5.41, 5.74) is 2.13. The molecule has 0 unspecified atom stereocenters. The Morgan fingerprint density at radius 3 is 2.56 bits per heavy atom. The molecule has 0 N–H and O–H groups in total. The Morgan fingerprint density at radius 2 is 1.88 bits per heavy atom. The maximum absolute atomic E-state index is 12.5. The van der Waals surface area contributed by atoms with Crippen molar-refractivity contribution in [2.45, 2.75) is 13.5 Å². The Bertz CT molecular complexity index is 887. The van der Waals surface area contributed by atoms with Gasteiger partial charge in [0.1, 0.15) is 29.4 Å². The topological polar surface area (TPSA) is 61.6 Å². The minimum absolute atomic E-state index is 0.134. The van der Waals surface area contributed by atoms with Crippen LogP contribution >= 0.6 is 11.6 Å². The highest BCUT2D eigenvalue weighted by molar-refractivity contribution is 6.33. The van der Waals surface area contributed by atoms with Crippen LogP contribution in [0.1, 0.15) is 21.7 Å². The van der Waals surface area contributed by atoms with Crippen molar-refractivity contribution in [2.24, 2.45) is 0 Å². The lowest BCUT2D eigenvalue weighted by Gasteiger charge is -2.07. The van der Waals surface area contributed by atoms with Crippen molar-refractivity contribution in [3.63, 3.8) is 0 Å². The molecule has 3 aromatic rings. The minimum Gasteiger partial charge on any atom is -0.497 e. The lowest BCUT2D eigenvalue weighted by Crippen LogP contribution is -2.07. The van der Waals surface area contributed by atoms with E-state index in [1.54, 1.807) is 32.2 Å². The maximum atomic E-state index is 12.5. The third-order valence-electron chi connectivity index (χ3n) is 3.72. The van der Waals surface area contributed by atoms with Crippen LogP contribution in [0.15, 0.2) is 53.1 Å². The third kappa shape index (κ3) is 3.67. The predicted octanol–water partition coefficient (Wildman–Crippen LogP) is 4.67. The lowest BCUT2D eigenvalue weighted by molar-refractivity contribution is 0.0471. The number of carbonyl (C=O) groups excluding carboxylic acids is 1. The Kier molecular flexibility index (Phi) is 5.05. The van der Waals surface area contributed by atoms with Crippen LogP contribution in [0.4, 0.5) is 0 Å². The molecular weight excluding hydrogens is 342 g/mol. The zero-order valence-corrected chi connectivity index (χ0v) is 14.5. The standard InChI is InChI=1S/C19H16ClNO4/c1-12-17(18(21-25-12)15-5-3-4-6-16(15)20)19(22)24-11-13-7-9-14(23-2)10-8-13/h3-10H,11H2,1-2H3. The normalized spacial score (nSPS) is 10.5. The van der Waals surface area contributed by atoms with Crippen LogP contribution < -0.4 is 4.74 Å². The number of hydrogen-bond donors (Lipinski definition) is 0. The number of aryl methyl sites for hydroxylation is 1. The van der Waals surface area contributed by atoms with Gasteiger partial charge in [-0.3, -0.25) is 0 Å². The molecule has 0 spiro atoms. The van der Waals surface area contributed by atoms with E-state index < -0.39 is 5.97 Å². The Morgan fingerprint density at radius 1 is 1.16 bits per heavy atom. The third-order valence-corrected chi connectivity index (χ3v) is 4.05. The first-order chi connectivity index (χ1) is 12.1. The molecule has 25 heavy (non-hydrogen) atoms. The summed E-state index contributed by atoms with van der Waals surface area (Å²) < 4.78 is 15.7. The first kappa shape index (κ1) is 17.0. The molecule has 0 fully saturated rings. The van der Waals surface area contributed by atoms with Crippen LogP contribution in [-0.2, 0) is 11.3 Å². The molecule has 0 atom stereocenters. The molecule has 1 aromatic heterocycles. The number of carbonyl (C=O) groups is 1. The molecule has 5 nitrogen and oxygen atoms in total. The average molecular weight is 358 g/mol. The molecule has 0 aliphatic heterocycles. The second-order valence-corrected chi connectivity index (χ2v) is 5.77. The number of hydrogen-bond acceptors (Lipinski definition) is 5. The summed E-state index contributed by atoms with van der Waals surface area (Å²) in [5.74, 6) is 0.616. The fourth-order valence-electron chi connectivity index (χ4n) is 2.39. The summed E-state index contributed by atoms with van der Waals surface area (Å²) in [6.45, 7) is 1.80. The molecule has 0 aliphatic carbocycles. The number of nitrogens with zero attached hydrogens (tertiary/aromatic N) is 1. The number of aromatic nitrogens is 1. The Hall–Kier alpha value is -2.79. The van der Waals surface area contributed by atoms with Crippen LogP contribution in [0, 0.1) is 6.92 Å². The molecule has 6 heteroatoms. The highest BCUT2D eigenvalue weighted by atomic mass is 35.5. The van der Waals surface area contributed by atoms with Gasteiger partial charge in [-0.2, -0.15) is 0 Å². The number of rotatable bonds is 5. The quantitative estimate of drug-likeness (QED) is 0.621.